The third-order valence-electron chi connectivity index (χ3n) is 4.87. The van der Waals surface area contributed by atoms with Crippen LogP contribution in [-0.4, -0.2) is 35.7 Å². The van der Waals surface area contributed by atoms with Crippen LogP contribution in [0.25, 0.3) is 11.3 Å². The number of aromatic nitrogens is 2. The Balaban J connectivity index is 1.41. The van der Waals surface area contributed by atoms with Crippen LogP contribution in [0.2, 0.25) is 0 Å². The van der Waals surface area contributed by atoms with Crippen LogP contribution in [0.1, 0.15) is 22.3 Å². The van der Waals surface area contributed by atoms with E-state index >= 15 is 0 Å². The van der Waals surface area contributed by atoms with E-state index < -0.39 is 0 Å². The van der Waals surface area contributed by atoms with Crippen LogP contribution in [0, 0.1) is 5.82 Å². The van der Waals surface area contributed by atoms with Crippen LogP contribution in [0.3, 0.4) is 0 Å². The van der Waals surface area contributed by atoms with E-state index in [0.29, 0.717) is 23.4 Å². The van der Waals surface area contributed by atoms with Crippen LogP contribution >= 0.6 is 0 Å². The molecule has 0 bridgehead atoms. The van der Waals surface area contributed by atoms with Crippen molar-refractivity contribution in [2.75, 3.05) is 24.5 Å². The number of amides is 1. The molecule has 3 aromatic rings. The number of aromatic amines is 1. The number of benzene rings is 2. The lowest BCUT2D eigenvalue weighted by molar-refractivity contribution is 0.0955. The summed E-state index contributed by atoms with van der Waals surface area (Å²) < 4.78 is 13.5. The minimum Gasteiger partial charge on any atom is -0.370 e. The van der Waals surface area contributed by atoms with Gasteiger partial charge in [0, 0.05) is 30.9 Å². The van der Waals surface area contributed by atoms with Crippen LogP contribution in [-0.2, 0) is 6.42 Å². The molecule has 1 aliphatic heterocycles. The van der Waals surface area contributed by atoms with Crippen molar-refractivity contribution >= 4 is 11.6 Å². The van der Waals surface area contributed by atoms with Gasteiger partial charge in [0.25, 0.3) is 5.91 Å². The predicted octanol–water partition coefficient (Wildman–Crippen LogP) is 3.40. The minimum absolute atomic E-state index is 0.215. The maximum absolute atomic E-state index is 13.5. The summed E-state index contributed by atoms with van der Waals surface area (Å²) in [6, 6.07) is 14.5. The molecule has 2 heterocycles. The molecule has 0 aliphatic carbocycles. The molecule has 2 aromatic carbocycles. The molecule has 1 amide bonds. The van der Waals surface area contributed by atoms with Crippen LogP contribution in [0.15, 0.2) is 54.7 Å². The van der Waals surface area contributed by atoms with Crippen LogP contribution in [0.5, 0.6) is 0 Å². The van der Waals surface area contributed by atoms with Gasteiger partial charge in [0.1, 0.15) is 5.82 Å². The van der Waals surface area contributed by atoms with Crippen molar-refractivity contribution in [1.29, 1.82) is 0 Å². The number of nitrogens with zero attached hydrogens (tertiary/aromatic N) is 2. The van der Waals surface area contributed by atoms with Gasteiger partial charge in [-0.3, -0.25) is 9.89 Å². The molecule has 0 radical (unpaired) electrons. The van der Waals surface area contributed by atoms with Crippen LogP contribution < -0.4 is 10.2 Å². The highest BCUT2D eigenvalue weighted by Crippen LogP contribution is 2.26. The van der Waals surface area contributed by atoms with Gasteiger partial charge in [-0.25, -0.2) is 4.39 Å². The van der Waals surface area contributed by atoms with E-state index in [2.05, 4.69) is 38.6 Å². The summed E-state index contributed by atoms with van der Waals surface area (Å²) >= 11 is 0. The van der Waals surface area contributed by atoms with Gasteiger partial charge in [-0.2, -0.15) is 5.10 Å². The lowest BCUT2D eigenvalue weighted by atomic mass is 10.0. The Kier molecular flexibility index (Phi) is 4.87. The number of hydrogen-bond donors (Lipinski definition) is 2. The van der Waals surface area contributed by atoms with Gasteiger partial charge in [0.15, 0.2) is 0 Å². The Morgan fingerprint density at radius 1 is 1.22 bits per heavy atom. The minimum atomic E-state index is -0.350. The van der Waals surface area contributed by atoms with Crippen molar-refractivity contribution < 1.29 is 9.18 Å². The zero-order valence-corrected chi connectivity index (χ0v) is 14.9. The molecule has 27 heavy (non-hydrogen) atoms. The average molecular weight is 364 g/mol. The Labute approximate surface area is 157 Å². The van der Waals surface area contributed by atoms with Gasteiger partial charge < -0.3 is 10.2 Å². The molecule has 2 N–H and O–H groups in total. The molecule has 0 atom stereocenters. The Bertz CT molecular complexity index is 953. The van der Waals surface area contributed by atoms with Crippen molar-refractivity contribution in [2.24, 2.45) is 0 Å². The van der Waals surface area contributed by atoms with Crippen molar-refractivity contribution in [2.45, 2.75) is 12.8 Å². The number of carbonyl (C=O) groups excluding carboxylic acids is 1. The van der Waals surface area contributed by atoms with Crippen molar-refractivity contribution in [1.82, 2.24) is 15.5 Å². The number of halogens is 1. The first-order chi connectivity index (χ1) is 13.2. The zero-order valence-electron chi connectivity index (χ0n) is 14.9. The number of carbonyl (C=O) groups is 1. The first-order valence-electron chi connectivity index (χ1n) is 9.13. The largest absolute Gasteiger partial charge is 0.370 e. The quantitative estimate of drug-likeness (QED) is 0.729. The number of para-hydroxylation sites is 1. The number of rotatable bonds is 5. The van der Waals surface area contributed by atoms with E-state index in [1.807, 2.05) is 6.07 Å². The molecule has 1 aliphatic rings. The summed E-state index contributed by atoms with van der Waals surface area (Å²) in [7, 11) is 0. The van der Waals surface area contributed by atoms with Crippen molar-refractivity contribution in [3.8, 4) is 11.3 Å². The summed E-state index contributed by atoms with van der Waals surface area (Å²) in [5, 5.41) is 9.71. The van der Waals surface area contributed by atoms with Gasteiger partial charge in [-0.1, -0.05) is 30.3 Å². The summed E-state index contributed by atoms with van der Waals surface area (Å²) in [6.07, 6.45) is 3.70. The summed E-state index contributed by atoms with van der Waals surface area (Å²) in [5.74, 6) is -0.564. The molecule has 6 heteroatoms. The second kappa shape index (κ2) is 7.61. The van der Waals surface area contributed by atoms with Gasteiger partial charge in [0.2, 0.25) is 0 Å². The normalized spacial score (nSPS) is 13.3. The summed E-state index contributed by atoms with van der Waals surface area (Å²) in [5.41, 5.74) is 4.15. The zero-order chi connectivity index (χ0) is 18.6. The highest BCUT2D eigenvalue weighted by Gasteiger charge is 2.18. The fraction of sp³-hybridized carbons (Fsp3) is 0.238. The third-order valence-corrected chi connectivity index (χ3v) is 4.87. The SMILES string of the molecule is O=C(NCCN1CCCc2ccccc21)c1cn[nH]c1-c1cccc(F)c1. The highest BCUT2D eigenvalue weighted by atomic mass is 19.1. The first kappa shape index (κ1) is 17.3. The number of nitrogens with one attached hydrogen (secondary N) is 2. The van der Waals surface area contributed by atoms with Gasteiger partial charge in [-0.05, 0) is 36.6 Å². The van der Waals surface area contributed by atoms with E-state index in [9.17, 15) is 9.18 Å². The van der Waals surface area contributed by atoms with E-state index in [1.165, 1.54) is 29.6 Å². The molecule has 0 fully saturated rings. The van der Waals surface area contributed by atoms with Gasteiger partial charge in [0.05, 0.1) is 17.5 Å². The van der Waals surface area contributed by atoms with Gasteiger partial charge in [-0.15, -0.1) is 0 Å². The van der Waals surface area contributed by atoms with Crippen molar-refractivity contribution in [3.05, 3.63) is 71.7 Å². The molecule has 138 valence electrons. The molecular weight excluding hydrogens is 343 g/mol. The molecule has 1 aromatic heterocycles. The third kappa shape index (κ3) is 3.69. The summed E-state index contributed by atoms with van der Waals surface area (Å²) in [4.78, 5) is 14.9. The molecule has 0 saturated carbocycles. The summed E-state index contributed by atoms with van der Waals surface area (Å²) in [6.45, 7) is 2.27. The smallest absolute Gasteiger partial charge is 0.255 e. The molecule has 0 unspecified atom stereocenters. The maximum Gasteiger partial charge on any atom is 0.255 e. The van der Waals surface area contributed by atoms with Gasteiger partial charge >= 0.3 is 0 Å². The Morgan fingerprint density at radius 3 is 3.00 bits per heavy atom. The number of aryl methyl sites for hydroxylation is 1. The second-order valence-electron chi connectivity index (χ2n) is 6.64. The second-order valence-corrected chi connectivity index (χ2v) is 6.64. The lowest BCUT2D eigenvalue weighted by Crippen LogP contribution is -2.37. The number of hydrogen-bond acceptors (Lipinski definition) is 3. The van der Waals surface area contributed by atoms with Crippen molar-refractivity contribution in [3.63, 3.8) is 0 Å². The van der Waals surface area contributed by atoms with E-state index in [1.54, 1.807) is 12.1 Å². The monoisotopic (exact) mass is 364 g/mol. The first-order valence-corrected chi connectivity index (χ1v) is 9.13. The Hall–Kier alpha value is -3.15. The number of fused-ring (bicyclic) bond motifs is 1. The molecule has 4 rings (SSSR count). The predicted molar refractivity (Wildman–Crippen MR) is 103 cm³/mol. The number of anilines is 1. The van der Waals surface area contributed by atoms with E-state index in [4.69, 9.17) is 0 Å². The molecule has 5 nitrogen and oxygen atoms in total. The standard InChI is InChI=1S/C21H21FN4O/c22-17-8-3-6-16(13-17)20-18(14-24-25-20)21(27)23-10-12-26-11-4-7-15-5-1-2-9-19(15)26/h1-3,5-6,8-9,13-14H,4,7,10-12H2,(H,23,27)(H,24,25). The molecule has 0 spiro atoms. The fourth-order valence-corrected chi connectivity index (χ4v) is 3.57. The lowest BCUT2D eigenvalue weighted by Gasteiger charge is -2.31. The average Bonchev–Trinajstić information content (AvgIpc) is 3.18. The van der Waals surface area contributed by atoms with E-state index in [-0.39, 0.29) is 11.7 Å². The molecular formula is C21H21FN4O. The fourth-order valence-electron chi connectivity index (χ4n) is 3.57. The maximum atomic E-state index is 13.5. The number of H-pyrrole nitrogens is 1. The Morgan fingerprint density at radius 2 is 2.11 bits per heavy atom. The highest BCUT2D eigenvalue weighted by molar-refractivity contribution is 5.99. The molecule has 0 saturated heterocycles. The van der Waals surface area contributed by atoms with Crippen LogP contribution in [0.4, 0.5) is 10.1 Å². The topological polar surface area (TPSA) is 61.0 Å². The van der Waals surface area contributed by atoms with E-state index in [0.717, 1.165) is 25.9 Å².